The second kappa shape index (κ2) is 9.89. The molecule has 158 valence electrons. The standard InChI is InChI=1S/C22H30N2O4S/c1-16(2)12-13-24(29(26,27)21-11-6-17(3)18(4)14-21)15-22(25)23-19-7-9-20(28-5)10-8-19/h6-11,14,16H,12-13,15H2,1-5H3,(H,23,25). The van der Waals surface area contributed by atoms with Crippen molar-refractivity contribution in [1.29, 1.82) is 0 Å². The van der Waals surface area contributed by atoms with Crippen LogP contribution < -0.4 is 10.1 Å². The quantitative estimate of drug-likeness (QED) is 0.668. The fourth-order valence-electron chi connectivity index (χ4n) is 2.74. The van der Waals surface area contributed by atoms with Gasteiger partial charge in [0.2, 0.25) is 15.9 Å². The zero-order valence-corrected chi connectivity index (χ0v) is 18.5. The molecule has 0 saturated heterocycles. The maximum absolute atomic E-state index is 13.2. The first-order chi connectivity index (χ1) is 13.6. The average Bonchev–Trinajstić information content (AvgIpc) is 2.67. The van der Waals surface area contributed by atoms with Crippen LogP contribution >= 0.6 is 0 Å². The molecular formula is C22H30N2O4S. The highest BCUT2D eigenvalue weighted by Crippen LogP contribution is 2.21. The molecule has 2 rings (SSSR count). The third-order valence-electron chi connectivity index (χ3n) is 4.77. The van der Waals surface area contributed by atoms with Gasteiger partial charge in [0, 0.05) is 12.2 Å². The van der Waals surface area contributed by atoms with Crippen LogP contribution in [0, 0.1) is 19.8 Å². The Morgan fingerprint density at radius 2 is 1.72 bits per heavy atom. The number of anilines is 1. The third-order valence-corrected chi connectivity index (χ3v) is 6.61. The highest BCUT2D eigenvalue weighted by atomic mass is 32.2. The van der Waals surface area contributed by atoms with Crippen LogP contribution in [0.15, 0.2) is 47.4 Å². The maximum Gasteiger partial charge on any atom is 0.243 e. The second-order valence-electron chi connectivity index (χ2n) is 7.54. The Balaban J connectivity index is 2.21. The van der Waals surface area contributed by atoms with Crippen molar-refractivity contribution in [2.75, 3.05) is 25.5 Å². The molecule has 0 aromatic heterocycles. The van der Waals surface area contributed by atoms with Gasteiger partial charge in [-0.15, -0.1) is 0 Å². The van der Waals surface area contributed by atoms with E-state index in [9.17, 15) is 13.2 Å². The number of sulfonamides is 1. The minimum atomic E-state index is -3.78. The van der Waals surface area contributed by atoms with Crippen LogP contribution in [0.2, 0.25) is 0 Å². The van der Waals surface area contributed by atoms with Gasteiger partial charge < -0.3 is 10.1 Å². The van der Waals surface area contributed by atoms with Gasteiger partial charge in [-0.2, -0.15) is 4.31 Å². The van der Waals surface area contributed by atoms with Gasteiger partial charge in [-0.3, -0.25) is 4.79 Å². The number of benzene rings is 2. The van der Waals surface area contributed by atoms with Crippen LogP contribution in [0.25, 0.3) is 0 Å². The molecule has 0 radical (unpaired) electrons. The number of amides is 1. The number of nitrogens with zero attached hydrogens (tertiary/aromatic N) is 1. The number of hydrogen-bond acceptors (Lipinski definition) is 4. The SMILES string of the molecule is COc1ccc(NC(=O)CN(CCC(C)C)S(=O)(=O)c2ccc(C)c(C)c2)cc1. The minimum absolute atomic E-state index is 0.210. The van der Waals surface area contributed by atoms with Crippen molar-refractivity contribution < 1.29 is 17.9 Å². The Labute approximate surface area is 173 Å². The van der Waals surface area contributed by atoms with Crippen LogP contribution in [0.1, 0.15) is 31.4 Å². The first-order valence-corrected chi connectivity index (χ1v) is 11.1. The Bertz CT molecular complexity index is 938. The van der Waals surface area contributed by atoms with E-state index in [4.69, 9.17) is 4.74 Å². The lowest BCUT2D eigenvalue weighted by Crippen LogP contribution is -2.39. The molecule has 0 saturated carbocycles. The Hall–Kier alpha value is -2.38. The predicted octanol–water partition coefficient (Wildman–Crippen LogP) is 3.99. The van der Waals surface area contributed by atoms with Crippen LogP contribution in [-0.4, -0.2) is 38.8 Å². The van der Waals surface area contributed by atoms with E-state index < -0.39 is 10.0 Å². The summed E-state index contributed by atoms with van der Waals surface area (Å²) in [5.41, 5.74) is 2.51. The molecule has 1 N–H and O–H groups in total. The number of aryl methyl sites for hydroxylation is 2. The number of carbonyl (C=O) groups excluding carboxylic acids is 1. The molecule has 0 unspecified atom stereocenters. The maximum atomic E-state index is 13.2. The van der Waals surface area contributed by atoms with Crippen LogP contribution in [0.3, 0.4) is 0 Å². The number of nitrogens with one attached hydrogen (secondary N) is 1. The predicted molar refractivity (Wildman–Crippen MR) is 116 cm³/mol. The normalized spacial score (nSPS) is 11.7. The summed E-state index contributed by atoms with van der Waals surface area (Å²) in [6, 6.07) is 12.0. The van der Waals surface area contributed by atoms with Crippen molar-refractivity contribution in [3.8, 4) is 5.75 Å². The molecule has 0 aliphatic rings. The van der Waals surface area contributed by atoms with Crippen molar-refractivity contribution in [2.24, 2.45) is 5.92 Å². The number of hydrogen-bond donors (Lipinski definition) is 1. The van der Waals surface area contributed by atoms with E-state index in [1.54, 1.807) is 49.6 Å². The molecule has 0 atom stereocenters. The van der Waals surface area contributed by atoms with Gasteiger partial charge in [0.05, 0.1) is 18.6 Å². The minimum Gasteiger partial charge on any atom is -0.497 e. The lowest BCUT2D eigenvalue weighted by Gasteiger charge is -2.23. The van der Waals surface area contributed by atoms with E-state index in [0.29, 0.717) is 23.8 Å². The summed E-state index contributed by atoms with van der Waals surface area (Å²) in [6.45, 7) is 7.90. The lowest BCUT2D eigenvalue weighted by molar-refractivity contribution is -0.116. The smallest absolute Gasteiger partial charge is 0.243 e. The number of rotatable bonds is 9. The van der Waals surface area contributed by atoms with Gasteiger partial charge in [0.1, 0.15) is 5.75 Å². The summed E-state index contributed by atoms with van der Waals surface area (Å²) in [4.78, 5) is 12.8. The van der Waals surface area contributed by atoms with Gasteiger partial charge in [0.25, 0.3) is 0 Å². The molecular weight excluding hydrogens is 388 g/mol. The van der Waals surface area contributed by atoms with E-state index >= 15 is 0 Å². The van der Waals surface area contributed by atoms with E-state index in [1.165, 1.54) is 4.31 Å². The van der Waals surface area contributed by atoms with Gasteiger partial charge in [-0.1, -0.05) is 19.9 Å². The van der Waals surface area contributed by atoms with Gasteiger partial charge >= 0.3 is 0 Å². The summed E-state index contributed by atoms with van der Waals surface area (Å²) in [6.07, 6.45) is 0.667. The van der Waals surface area contributed by atoms with Gasteiger partial charge in [0.15, 0.2) is 0 Å². The molecule has 0 spiro atoms. The molecule has 29 heavy (non-hydrogen) atoms. The molecule has 0 aliphatic carbocycles. The zero-order valence-electron chi connectivity index (χ0n) is 17.7. The first-order valence-electron chi connectivity index (χ1n) is 9.64. The molecule has 2 aromatic rings. The topological polar surface area (TPSA) is 75.7 Å². The largest absolute Gasteiger partial charge is 0.497 e. The Morgan fingerprint density at radius 1 is 1.07 bits per heavy atom. The van der Waals surface area contributed by atoms with E-state index in [2.05, 4.69) is 5.32 Å². The molecule has 0 fully saturated rings. The molecule has 7 heteroatoms. The van der Waals surface area contributed by atoms with Crippen molar-refractivity contribution in [3.05, 3.63) is 53.6 Å². The number of methoxy groups -OCH3 is 1. The van der Waals surface area contributed by atoms with E-state index in [-0.39, 0.29) is 23.9 Å². The summed E-state index contributed by atoms with van der Waals surface area (Å²) in [5.74, 6) is 0.613. The highest BCUT2D eigenvalue weighted by Gasteiger charge is 2.27. The first kappa shape index (κ1) is 22.9. The molecule has 0 bridgehead atoms. The van der Waals surface area contributed by atoms with Crippen molar-refractivity contribution in [3.63, 3.8) is 0 Å². The van der Waals surface area contributed by atoms with Crippen LogP contribution in [-0.2, 0) is 14.8 Å². The molecule has 0 aliphatic heterocycles. The molecule has 6 nitrogen and oxygen atoms in total. The van der Waals surface area contributed by atoms with Crippen molar-refractivity contribution in [2.45, 2.75) is 39.0 Å². The molecule has 1 amide bonds. The Kier molecular flexibility index (Phi) is 7.81. The zero-order chi connectivity index (χ0) is 21.6. The van der Waals surface area contributed by atoms with Crippen LogP contribution in [0.4, 0.5) is 5.69 Å². The van der Waals surface area contributed by atoms with Gasteiger partial charge in [-0.25, -0.2) is 8.42 Å². The summed E-state index contributed by atoms with van der Waals surface area (Å²) >= 11 is 0. The van der Waals surface area contributed by atoms with Crippen molar-refractivity contribution >= 4 is 21.6 Å². The average molecular weight is 419 g/mol. The van der Waals surface area contributed by atoms with E-state index in [0.717, 1.165) is 11.1 Å². The summed E-state index contributed by atoms with van der Waals surface area (Å²) < 4.78 is 32.8. The molecule has 2 aromatic carbocycles. The van der Waals surface area contributed by atoms with Crippen molar-refractivity contribution in [1.82, 2.24) is 4.31 Å². The second-order valence-corrected chi connectivity index (χ2v) is 9.48. The fraction of sp³-hybridized carbons (Fsp3) is 0.409. The summed E-state index contributed by atoms with van der Waals surface area (Å²) in [5, 5.41) is 2.75. The number of carbonyl (C=O) groups is 1. The Morgan fingerprint density at radius 3 is 2.28 bits per heavy atom. The molecule has 0 heterocycles. The van der Waals surface area contributed by atoms with Gasteiger partial charge in [-0.05, 0) is 73.7 Å². The van der Waals surface area contributed by atoms with Crippen LogP contribution in [0.5, 0.6) is 5.75 Å². The third kappa shape index (κ3) is 6.30. The fourth-order valence-corrected chi connectivity index (χ4v) is 4.24. The number of ether oxygens (including phenoxy) is 1. The monoisotopic (exact) mass is 418 g/mol. The highest BCUT2D eigenvalue weighted by molar-refractivity contribution is 7.89. The lowest BCUT2D eigenvalue weighted by atomic mass is 10.1. The summed E-state index contributed by atoms with van der Waals surface area (Å²) in [7, 11) is -2.21. The van der Waals surface area contributed by atoms with E-state index in [1.807, 2.05) is 27.7 Å².